The third-order valence-corrected chi connectivity index (χ3v) is 6.72. The van der Waals surface area contributed by atoms with Crippen molar-refractivity contribution in [2.45, 2.75) is 51.9 Å². The van der Waals surface area contributed by atoms with Crippen LogP contribution in [0.2, 0.25) is 0 Å². The lowest BCUT2D eigenvalue weighted by molar-refractivity contribution is 0.0156. The van der Waals surface area contributed by atoms with Crippen LogP contribution in [0.15, 0.2) is 53.6 Å². The number of nitrogens with one attached hydrogen (secondary N) is 2. The number of fused-ring (bicyclic) bond motifs is 3. The van der Waals surface area contributed by atoms with Crippen molar-refractivity contribution in [1.29, 1.82) is 0 Å². The minimum absolute atomic E-state index is 0.298. The van der Waals surface area contributed by atoms with Crippen LogP contribution in [-0.2, 0) is 0 Å². The Morgan fingerprint density at radius 1 is 1.07 bits per heavy atom. The van der Waals surface area contributed by atoms with Crippen molar-refractivity contribution in [2.24, 2.45) is 27.3 Å². The van der Waals surface area contributed by atoms with E-state index in [2.05, 4.69) is 55.1 Å². The Balaban J connectivity index is 0.00000204. The van der Waals surface area contributed by atoms with Gasteiger partial charge in [0.05, 0.1) is 11.4 Å². The van der Waals surface area contributed by atoms with Gasteiger partial charge in [0.25, 0.3) is 0 Å². The van der Waals surface area contributed by atoms with E-state index in [4.69, 9.17) is 11.5 Å². The van der Waals surface area contributed by atoms with Crippen LogP contribution in [0.4, 0.5) is 0 Å². The lowest BCUT2D eigenvalue weighted by Crippen LogP contribution is -2.47. The molecule has 0 amide bonds. The van der Waals surface area contributed by atoms with Gasteiger partial charge in [-0.3, -0.25) is 4.99 Å². The van der Waals surface area contributed by atoms with Crippen LogP contribution in [0, 0.1) is 23.7 Å². The maximum atomic E-state index is 5.73. The van der Waals surface area contributed by atoms with Crippen LogP contribution in [-0.4, -0.2) is 25.8 Å². The van der Waals surface area contributed by atoms with Gasteiger partial charge in [-0.2, -0.15) is 0 Å². The Labute approximate surface area is 177 Å². The minimum atomic E-state index is 0.298. The summed E-state index contributed by atoms with van der Waals surface area (Å²) >= 11 is 0. The SMILES string of the molecule is C#C.C=C(N/C=C(/N)CN)C(=NC)C(=C)NCC12CCC(C(=C)CC)(CC1)CC2. The van der Waals surface area contributed by atoms with Gasteiger partial charge >= 0.3 is 0 Å². The molecule has 0 saturated heterocycles. The van der Waals surface area contributed by atoms with E-state index >= 15 is 0 Å². The predicted octanol–water partition coefficient (Wildman–Crippen LogP) is 3.58. The number of nitrogens with zero attached hydrogens (tertiary/aromatic N) is 1. The lowest BCUT2D eigenvalue weighted by atomic mass is 9.51. The average molecular weight is 398 g/mol. The first-order chi connectivity index (χ1) is 13.8. The van der Waals surface area contributed by atoms with Crippen molar-refractivity contribution in [3.05, 3.63) is 48.6 Å². The van der Waals surface area contributed by atoms with Crippen molar-refractivity contribution >= 4 is 5.71 Å². The van der Waals surface area contributed by atoms with Crippen LogP contribution in [0.5, 0.6) is 0 Å². The van der Waals surface area contributed by atoms with Crippen molar-refractivity contribution in [3.63, 3.8) is 0 Å². The van der Waals surface area contributed by atoms with Gasteiger partial charge in [-0.05, 0) is 55.8 Å². The monoisotopic (exact) mass is 397 g/mol. The quantitative estimate of drug-likeness (QED) is 0.258. The molecule has 3 saturated carbocycles. The number of rotatable bonds is 10. The number of terminal acetylenes is 1. The van der Waals surface area contributed by atoms with Crippen LogP contribution in [0.25, 0.3) is 0 Å². The second-order valence-electron chi connectivity index (χ2n) is 8.19. The molecule has 3 aliphatic carbocycles. The largest absolute Gasteiger partial charge is 0.400 e. The van der Waals surface area contributed by atoms with Gasteiger partial charge in [0.2, 0.25) is 0 Å². The number of aliphatic imine (C=N–C) groups is 1. The maximum Gasteiger partial charge on any atom is 0.102 e. The molecule has 2 bridgehead atoms. The molecule has 3 aliphatic rings. The Bertz CT molecular complexity index is 671. The van der Waals surface area contributed by atoms with Crippen LogP contribution in [0.3, 0.4) is 0 Å². The standard InChI is InChI=1S/C22H37N5.C2H2/c1-6-16(2)22-10-7-21(8-11-22,9-12-22)15-27-18(4)20(25-5)17(3)26-14-19(24)13-23;1-2/h14,26-27H,2-4,6-13,15,23-24H2,1,5H3;1-2H/b19-14+,25-20?;. The van der Waals surface area contributed by atoms with E-state index in [1.54, 1.807) is 13.2 Å². The molecule has 0 aromatic carbocycles. The van der Waals surface area contributed by atoms with Gasteiger partial charge in [-0.25, -0.2) is 0 Å². The highest BCUT2D eigenvalue weighted by molar-refractivity contribution is 6.10. The van der Waals surface area contributed by atoms with Gasteiger partial charge in [0, 0.05) is 32.0 Å². The van der Waals surface area contributed by atoms with E-state index in [9.17, 15) is 0 Å². The molecule has 0 radical (unpaired) electrons. The molecule has 160 valence electrons. The van der Waals surface area contributed by atoms with Gasteiger partial charge in [-0.15, -0.1) is 12.8 Å². The first-order valence-electron chi connectivity index (χ1n) is 10.3. The fraction of sp³-hybridized carbons (Fsp3) is 0.542. The number of hydrogen-bond donors (Lipinski definition) is 4. The summed E-state index contributed by atoms with van der Waals surface area (Å²) in [6.07, 6.45) is 18.4. The zero-order chi connectivity index (χ0) is 22.1. The molecule has 3 fully saturated rings. The number of allylic oxidation sites excluding steroid dienone is 1. The third-order valence-electron chi connectivity index (χ3n) is 6.72. The molecule has 5 nitrogen and oxygen atoms in total. The van der Waals surface area contributed by atoms with Gasteiger partial charge in [0.15, 0.2) is 0 Å². The van der Waals surface area contributed by atoms with Gasteiger partial charge in [0.1, 0.15) is 5.71 Å². The second-order valence-corrected chi connectivity index (χ2v) is 8.19. The number of hydrogen-bond acceptors (Lipinski definition) is 5. The van der Waals surface area contributed by atoms with E-state index in [0.29, 0.717) is 28.8 Å². The lowest BCUT2D eigenvalue weighted by Gasteiger charge is -2.54. The normalized spacial score (nSPS) is 26.1. The molecule has 29 heavy (non-hydrogen) atoms. The Hall–Kier alpha value is -2.45. The number of nitrogens with two attached hydrogens (primary N) is 2. The van der Waals surface area contributed by atoms with E-state index in [-0.39, 0.29) is 0 Å². The topological polar surface area (TPSA) is 88.5 Å². The summed E-state index contributed by atoms with van der Waals surface area (Å²) in [6.45, 7) is 16.1. The third kappa shape index (κ3) is 5.77. The molecular formula is C24H39N5. The van der Waals surface area contributed by atoms with Crippen molar-refractivity contribution in [2.75, 3.05) is 20.1 Å². The Kier molecular flexibility index (Phi) is 9.26. The van der Waals surface area contributed by atoms with E-state index in [0.717, 1.165) is 24.4 Å². The predicted molar refractivity (Wildman–Crippen MR) is 126 cm³/mol. The zero-order valence-corrected chi connectivity index (χ0v) is 18.3. The first-order valence-corrected chi connectivity index (χ1v) is 10.3. The molecule has 0 unspecified atom stereocenters. The van der Waals surface area contributed by atoms with E-state index < -0.39 is 0 Å². The molecule has 6 N–H and O–H groups in total. The molecule has 0 heterocycles. The maximum absolute atomic E-state index is 5.73. The van der Waals surface area contributed by atoms with Crippen molar-refractivity contribution in [1.82, 2.24) is 10.6 Å². The highest BCUT2D eigenvalue weighted by atomic mass is 15.0. The summed E-state index contributed by atoms with van der Waals surface area (Å²) in [5.41, 5.74) is 16.2. The molecule has 0 aromatic rings. The summed E-state index contributed by atoms with van der Waals surface area (Å²) in [4.78, 5) is 4.34. The van der Waals surface area contributed by atoms with Gasteiger partial charge < -0.3 is 22.1 Å². The molecule has 0 atom stereocenters. The molecular weight excluding hydrogens is 358 g/mol. The minimum Gasteiger partial charge on any atom is -0.400 e. The molecule has 0 spiro atoms. The summed E-state index contributed by atoms with van der Waals surface area (Å²) in [5.74, 6) is 0. The average Bonchev–Trinajstić information content (AvgIpc) is 2.78. The van der Waals surface area contributed by atoms with Gasteiger partial charge in [-0.1, -0.05) is 32.2 Å². The van der Waals surface area contributed by atoms with Crippen LogP contribution in [0.1, 0.15) is 51.9 Å². The van der Waals surface area contributed by atoms with Crippen LogP contribution >= 0.6 is 0 Å². The van der Waals surface area contributed by atoms with E-state index in [1.807, 2.05) is 0 Å². The molecule has 5 heteroatoms. The fourth-order valence-electron chi connectivity index (χ4n) is 4.57. The summed E-state index contributed by atoms with van der Waals surface area (Å²) in [6, 6.07) is 0. The summed E-state index contributed by atoms with van der Waals surface area (Å²) in [5, 5.41) is 6.59. The first kappa shape index (κ1) is 24.6. The molecule has 3 rings (SSSR count). The Morgan fingerprint density at radius 3 is 2.07 bits per heavy atom. The molecule has 0 aliphatic heterocycles. The fourth-order valence-corrected chi connectivity index (χ4v) is 4.57. The molecule has 0 aromatic heterocycles. The summed E-state index contributed by atoms with van der Waals surface area (Å²) < 4.78 is 0. The van der Waals surface area contributed by atoms with Crippen molar-refractivity contribution in [3.8, 4) is 12.8 Å². The smallest absolute Gasteiger partial charge is 0.102 e. The highest BCUT2D eigenvalue weighted by Crippen LogP contribution is 2.59. The summed E-state index contributed by atoms with van der Waals surface area (Å²) in [7, 11) is 1.75. The Morgan fingerprint density at radius 2 is 1.62 bits per heavy atom. The van der Waals surface area contributed by atoms with E-state index in [1.165, 1.54) is 44.1 Å². The van der Waals surface area contributed by atoms with Crippen molar-refractivity contribution < 1.29 is 0 Å². The second kappa shape index (κ2) is 10.9. The highest BCUT2D eigenvalue weighted by Gasteiger charge is 2.49. The van der Waals surface area contributed by atoms with Crippen LogP contribution < -0.4 is 22.1 Å². The zero-order valence-electron chi connectivity index (χ0n) is 18.3.